The SMILES string of the molecule is CC1NCCN(S(=O)(=O)c2ccc(F)c(C#N)c2)C1C. The van der Waals surface area contributed by atoms with Crippen molar-refractivity contribution in [3.63, 3.8) is 0 Å². The van der Waals surface area contributed by atoms with E-state index in [0.717, 1.165) is 12.1 Å². The van der Waals surface area contributed by atoms with E-state index in [1.807, 2.05) is 13.8 Å². The van der Waals surface area contributed by atoms with Gasteiger partial charge in [-0.1, -0.05) is 0 Å². The second-order valence-corrected chi connectivity index (χ2v) is 6.74. The number of hydrogen-bond acceptors (Lipinski definition) is 4. The molecule has 7 heteroatoms. The molecule has 2 atom stereocenters. The average molecular weight is 297 g/mol. The predicted octanol–water partition coefficient (Wildman–Crippen LogP) is 1.07. The normalized spacial score (nSPS) is 24.3. The van der Waals surface area contributed by atoms with Crippen molar-refractivity contribution < 1.29 is 12.8 Å². The molecule has 2 unspecified atom stereocenters. The Morgan fingerprint density at radius 1 is 1.45 bits per heavy atom. The smallest absolute Gasteiger partial charge is 0.243 e. The van der Waals surface area contributed by atoms with Gasteiger partial charge in [0, 0.05) is 25.2 Å². The van der Waals surface area contributed by atoms with Crippen LogP contribution >= 0.6 is 0 Å². The molecule has 1 aliphatic heterocycles. The first-order chi connectivity index (χ1) is 9.37. The third kappa shape index (κ3) is 2.54. The molecule has 5 nitrogen and oxygen atoms in total. The van der Waals surface area contributed by atoms with Crippen molar-refractivity contribution in [2.75, 3.05) is 13.1 Å². The standard InChI is InChI=1S/C13H16FN3O2S/c1-9-10(2)17(6-5-16-9)20(18,19)12-3-4-13(14)11(7-12)8-15/h3-4,7,9-10,16H,5-6H2,1-2H3. The summed E-state index contributed by atoms with van der Waals surface area (Å²) < 4.78 is 39.9. The first-order valence-electron chi connectivity index (χ1n) is 6.33. The lowest BCUT2D eigenvalue weighted by molar-refractivity contribution is 0.233. The van der Waals surface area contributed by atoms with Crippen LogP contribution in [0.15, 0.2) is 23.1 Å². The van der Waals surface area contributed by atoms with Gasteiger partial charge < -0.3 is 5.32 Å². The van der Waals surface area contributed by atoms with Gasteiger partial charge in [-0.2, -0.15) is 9.57 Å². The van der Waals surface area contributed by atoms with Crippen LogP contribution in [0, 0.1) is 17.1 Å². The van der Waals surface area contributed by atoms with Crippen LogP contribution in [0.25, 0.3) is 0 Å². The van der Waals surface area contributed by atoms with Gasteiger partial charge in [-0.05, 0) is 32.0 Å². The third-order valence-electron chi connectivity index (χ3n) is 3.64. The molecule has 1 aliphatic rings. The summed E-state index contributed by atoms with van der Waals surface area (Å²) >= 11 is 0. The van der Waals surface area contributed by atoms with Crippen LogP contribution in [-0.4, -0.2) is 37.9 Å². The lowest BCUT2D eigenvalue weighted by atomic mass is 10.1. The fourth-order valence-corrected chi connectivity index (χ4v) is 3.98. The first-order valence-corrected chi connectivity index (χ1v) is 7.77. The molecule has 1 fully saturated rings. The Bertz CT molecular complexity index is 654. The molecule has 0 aromatic heterocycles. The van der Waals surface area contributed by atoms with Gasteiger partial charge in [0.15, 0.2) is 0 Å². The maximum Gasteiger partial charge on any atom is 0.243 e. The maximum atomic E-state index is 13.3. The number of hydrogen-bond donors (Lipinski definition) is 1. The summed E-state index contributed by atoms with van der Waals surface area (Å²) in [6.07, 6.45) is 0. The summed E-state index contributed by atoms with van der Waals surface area (Å²) in [4.78, 5) is -0.0450. The van der Waals surface area contributed by atoms with E-state index in [1.54, 1.807) is 6.07 Å². The van der Waals surface area contributed by atoms with Crippen LogP contribution in [0.1, 0.15) is 19.4 Å². The number of benzene rings is 1. The second-order valence-electron chi connectivity index (χ2n) is 4.85. The lowest BCUT2D eigenvalue weighted by Gasteiger charge is -2.37. The molecule has 0 radical (unpaired) electrons. The molecule has 20 heavy (non-hydrogen) atoms. The lowest BCUT2D eigenvalue weighted by Crippen LogP contribution is -2.57. The minimum Gasteiger partial charge on any atom is -0.311 e. The van der Waals surface area contributed by atoms with Crippen molar-refractivity contribution >= 4 is 10.0 Å². The number of nitrogens with zero attached hydrogens (tertiary/aromatic N) is 2. The molecule has 2 rings (SSSR count). The van der Waals surface area contributed by atoms with Gasteiger partial charge in [0.25, 0.3) is 0 Å². The highest BCUT2D eigenvalue weighted by molar-refractivity contribution is 7.89. The highest BCUT2D eigenvalue weighted by Gasteiger charge is 2.34. The molecule has 0 bridgehead atoms. The maximum absolute atomic E-state index is 13.3. The Morgan fingerprint density at radius 2 is 2.15 bits per heavy atom. The quantitative estimate of drug-likeness (QED) is 0.886. The molecule has 1 N–H and O–H groups in total. The summed E-state index contributed by atoms with van der Waals surface area (Å²) in [6, 6.07) is 4.79. The molecule has 1 saturated heterocycles. The predicted molar refractivity (Wildman–Crippen MR) is 71.9 cm³/mol. The molecule has 1 aromatic carbocycles. The van der Waals surface area contributed by atoms with Crippen molar-refractivity contribution in [3.05, 3.63) is 29.6 Å². The van der Waals surface area contributed by atoms with Crippen molar-refractivity contribution in [2.45, 2.75) is 30.8 Å². The molecule has 1 heterocycles. The number of rotatable bonds is 2. The van der Waals surface area contributed by atoms with Crippen molar-refractivity contribution in [1.29, 1.82) is 5.26 Å². The van der Waals surface area contributed by atoms with Crippen LogP contribution in [0.5, 0.6) is 0 Å². The molecule has 0 amide bonds. The van der Waals surface area contributed by atoms with Gasteiger partial charge in [-0.25, -0.2) is 12.8 Å². The molecule has 0 spiro atoms. The van der Waals surface area contributed by atoms with E-state index in [-0.39, 0.29) is 22.5 Å². The van der Waals surface area contributed by atoms with E-state index in [4.69, 9.17) is 5.26 Å². The van der Waals surface area contributed by atoms with Gasteiger partial charge in [-0.3, -0.25) is 0 Å². The zero-order chi connectivity index (χ0) is 14.9. The zero-order valence-corrected chi connectivity index (χ0v) is 12.1. The van der Waals surface area contributed by atoms with Gasteiger partial charge in [0.05, 0.1) is 10.5 Å². The summed E-state index contributed by atoms with van der Waals surface area (Å²) in [7, 11) is -3.72. The third-order valence-corrected chi connectivity index (χ3v) is 5.62. The molecular formula is C13H16FN3O2S. The first kappa shape index (κ1) is 14.9. The Hall–Kier alpha value is -1.49. The average Bonchev–Trinajstić information content (AvgIpc) is 2.42. The Kier molecular flexibility index (Phi) is 4.09. The summed E-state index contributed by atoms with van der Waals surface area (Å²) in [5.74, 6) is -0.715. The van der Waals surface area contributed by atoms with Crippen LogP contribution in [0.2, 0.25) is 0 Å². The fraction of sp³-hybridized carbons (Fsp3) is 0.462. The van der Waals surface area contributed by atoms with E-state index in [2.05, 4.69) is 5.32 Å². The Balaban J connectivity index is 2.42. The van der Waals surface area contributed by atoms with Crippen LogP contribution in [-0.2, 0) is 10.0 Å². The van der Waals surface area contributed by atoms with Gasteiger partial charge in [-0.15, -0.1) is 0 Å². The minimum absolute atomic E-state index is 0.0365. The van der Waals surface area contributed by atoms with Crippen LogP contribution < -0.4 is 5.32 Å². The van der Waals surface area contributed by atoms with Gasteiger partial charge in [0.2, 0.25) is 10.0 Å². The van der Waals surface area contributed by atoms with Crippen LogP contribution in [0.3, 0.4) is 0 Å². The zero-order valence-electron chi connectivity index (χ0n) is 11.3. The van der Waals surface area contributed by atoms with Crippen LogP contribution in [0.4, 0.5) is 4.39 Å². The highest BCUT2D eigenvalue weighted by atomic mass is 32.2. The topological polar surface area (TPSA) is 73.2 Å². The number of nitriles is 1. The van der Waals surface area contributed by atoms with Gasteiger partial charge in [0.1, 0.15) is 11.9 Å². The molecule has 0 saturated carbocycles. The highest BCUT2D eigenvalue weighted by Crippen LogP contribution is 2.23. The Morgan fingerprint density at radius 3 is 2.80 bits per heavy atom. The van der Waals surface area contributed by atoms with E-state index in [9.17, 15) is 12.8 Å². The summed E-state index contributed by atoms with van der Waals surface area (Å²) in [6.45, 7) is 4.66. The van der Waals surface area contributed by atoms with Crippen molar-refractivity contribution in [1.82, 2.24) is 9.62 Å². The van der Waals surface area contributed by atoms with Crippen molar-refractivity contribution in [3.8, 4) is 6.07 Å². The number of halogens is 1. The molecule has 0 aliphatic carbocycles. The second kappa shape index (κ2) is 5.48. The van der Waals surface area contributed by atoms with Gasteiger partial charge >= 0.3 is 0 Å². The fourth-order valence-electron chi connectivity index (χ4n) is 2.25. The molecule has 108 valence electrons. The molecule has 1 aromatic rings. The number of nitrogens with one attached hydrogen (secondary N) is 1. The van der Waals surface area contributed by atoms with E-state index >= 15 is 0 Å². The largest absolute Gasteiger partial charge is 0.311 e. The number of sulfonamides is 1. The molecular weight excluding hydrogens is 281 g/mol. The van der Waals surface area contributed by atoms with E-state index < -0.39 is 15.8 Å². The summed E-state index contributed by atoms with van der Waals surface area (Å²) in [5.41, 5.74) is -0.262. The summed E-state index contributed by atoms with van der Waals surface area (Å²) in [5, 5.41) is 12.0. The monoisotopic (exact) mass is 297 g/mol. The number of piperazine rings is 1. The van der Waals surface area contributed by atoms with E-state index in [1.165, 1.54) is 10.4 Å². The van der Waals surface area contributed by atoms with Crippen molar-refractivity contribution in [2.24, 2.45) is 0 Å². The van der Waals surface area contributed by atoms with E-state index in [0.29, 0.717) is 13.1 Å². The minimum atomic E-state index is -3.72. The Labute approximate surface area is 118 Å².